The van der Waals surface area contributed by atoms with Crippen molar-refractivity contribution in [3.8, 4) is 11.5 Å². The lowest BCUT2D eigenvalue weighted by atomic mass is 10.1. The van der Waals surface area contributed by atoms with Crippen LogP contribution in [0.1, 0.15) is 31.1 Å². The first-order chi connectivity index (χ1) is 13.4. The van der Waals surface area contributed by atoms with Gasteiger partial charge in [0.15, 0.2) is 5.75 Å². The molecule has 1 aliphatic rings. The molecule has 0 saturated heterocycles. The van der Waals surface area contributed by atoms with Gasteiger partial charge in [-0.25, -0.2) is 9.59 Å². The molecule has 1 heterocycles. The number of phenols is 1. The van der Waals surface area contributed by atoms with Gasteiger partial charge in [0.2, 0.25) is 0 Å². The monoisotopic (exact) mass is 558 g/mol. The zero-order valence-corrected chi connectivity index (χ0v) is 19.1. The molecule has 6 nitrogen and oxygen atoms in total. The predicted octanol–water partition coefficient (Wildman–Crippen LogP) is 7.22. The molecule has 29 heavy (non-hydrogen) atoms. The maximum absolute atomic E-state index is 11.4. The van der Waals surface area contributed by atoms with Crippen molar-refractivity contribution in [2.45, 2.75) is 0 Å². The first-order valence-electron chi connectivity index (χ1n) is 6.75. The van der Waals surface area contributed by atoms with Crippen LogP contribution < -0.4 is 4.29 Å². The minimum Gasteiger partial charge on any atom is -0.506 e. The van der Waals surface area contributed by atoms with Crippen LogP contribution in [0.4, 0.5) is 0 Å². The van der Waals surface area contributed by atoms with Gasteiger partial charge in [0.05, 0.1) is 36.8 Å². The Kier molecular flexibility index (Phi) is 8.04. The molecule has 0 radical (unpaired) electrons. The Morgan fingerprint density at radius 2 is 1.38 bits per heavy atom. The SMILES string of the molecule is O=C(Cl)c1c(Cl)c(Cl)c2c(c1Cl)C(=O)OC2=O.Oc1cc(Cl)c(OCl)c(Cl)c1Cl. The van der Waals surface area contributed by atoms with Crippen molar-refractivity contribution in [3.05, 3.63) is 52.9 Å². The van der Waals surface area contributed by atoms with Crippen LogP contribution in [0.3, 0.4) is 0 Å². The first-order valence-corrected chi connectivity index (χ1v) is 9.71. The highest BCUT2D eigenvalue weighted by molar-refractivity contribution is 6.70. The number of aromatic hydroxyl groups is 1. The molecular weight excluding hydrogens is 560 g/mol. The number of fused-ring (bicyclic) bond motifs is 1. The summed E-state index contributed by atoms with van der Waals surface area (Å²) in [7, 11) is 0. The highest BCUT2D eigenvalue weighted by Crippen LogP contribution is 2.44. The molecule has 2 aromatic carbocycles. The zero-order chi connectivity index (χ0) is 22.2. The summed E-state index contributed by atoms with van der Waals surface area (Å²) in [6.07, 6.45) is 0. The smallest absolute Gasteiger partial charge is 0.348 e. The van der Waals surface area contributed by atoms with Crippen LogP contribution in [0.25, 0.3) is 0 Å². The number of ether oxygens (including phenoxy) is 1. The van der Waals surface area contributed by atoms with E-state index in [4.69, 9.17) is 98.2 Å². The molecule has 0 saturated carbocycles. The molecule has 0 aromatic heterocycles. The van der Waals surface area contributed by atoms with Crippen LogP contribution in [-0.2, 0) is 4.74 Å². The summed E-state index contributed by atoms with van der Waals surface area (Å²) in [4.78, 5) is 33.8. The Hall–Kier alpha value is -0.830. The lowest BCUT2D eigenvalue weighted by Gasteiger charge is -2.07. The van der Waals surface area contributed by atoms with Crippen LogP contribution >= 0.6 is 93.1 Å². The van der Waals surface area contributed by atoms with E-state index in [0.29, 0.717) is 0 Å². The largest absolute Gasteiger partial charge is 0.506 e. The summed E-state index contributed by atoms with van der Waals surface area (Å²) >= 11 is 44.4. The standard InChI is InChI=1S/C9Cl4O4.C6H2Cl4O2/c10-4-1-2(9(16)17-8(1)15)5(11)6(12)3(4)7(13)14;7-2-1-3(11)4(8)5(9)6(2)12-10/h;1,11H. The highest BCUT2D eigenvalue weighted by atomic mass is 35.5. The van der Waals surface area contributed by atoms with E-state index in [1.54, 1.807) is 0 Å². The summed E-state index contributed by atoms with van der Waals surface area (Å²) < 4.78 is 8.65. The Morgan fingerprint density at radius 1 is 0.862 bits per heavy atom. The summed E-state index contributed by atoms with van der Waals surface area (Å²) in [5, 5.41) is 7.23. The van der Waals surface area contributed by atoms with Crippen molar-refractivity contribution < 1.29 is 28.5 Å². The Balaban J connectivity index is 0.000000221. The van der Waals surface area contributed by atoms with Gasteiger partial charge in [0, 0.05) is 6.07 Å². The molecule has 14 heteroatoms. The summed E-state index contributed by atoms with van der Waals surface area (Å²) in [6, 6.07) is 1.19. The number of rotatable bonds is 2. The Morgan fingerprint density at radius 3 is 1.86 bits per heavy atom. The van der Waals surface area contributed by atoms with Crippen molar-refractivity contribution in [1.82, 2.24) is 0 Å². The molecule has 154 valence electrons. The van der Waals surface area contributed by atoms with Gasteiger partial charge >= 0.3 is 11.9 Å². The summed E-state index contributed by atoms with van der Waals surface area (Å²) in [5.74, 6) is -2.15. The maximum Gasteiger partial charge on any atom is 0.348 e. The molecule has 0 bridgehead atoms. The van der Waals surface area contributed by atoms with E-state index >= 15 is 0 Å². The van der Waals surface area contributed by atoms with E-state index in [1.165, 1.54) is 6.07 Å². The number of cyclic esters (lactones) is 2. The fourth-order valence-electron chi connectivity index (χ4n) is 2.04. The van der Waals surface area contributed by atoms with E-state index in [-0.39, 0.29) is 58.3 Å². The van der Waals surface area contributed by atoms with Crippen molar-refractivity contribution in [2.24, 2.45) is 0 Å². The minimum absolute atomic E-state index is 0.0170. The fraction of sp³-hybridized carbons (Fsp3) is 0. The van der Waals surface area contributed by atoms with Gasteiger partial charge in [-0.1, -0.05) is 69.6 Å². The Bertz CT molecular complexity index is 1070. The molecule has 0 unspecified atom stereocenters. The van der Waals surface area contributed by atoms with E-state index in [0.717, 1.165) is 0 Å². The van der Waals surface area contributed by atoms with Crippen molar-refractivity contribution in [2.75, 3.05) is 0 Å². The van der Waals surface area contributed by atoms with Crippen LogP contribution in [0.2, 0.25) is 30.1 Å². The molecule has 0 fully saturated rings. The normalized spacial score (nSPS) is 12.1. The number of benzene rings is 2. The van der Waals surface area contributed by atoms with Crippen LogP contribution in [0.5, 0.6) is 11.5 Å². The maximum atomic E-state index is 11.4. The molecule has 2 aromatic rings. The molecule has 3 rings (SSSR count). The van der Waals surface area contributed by atoms with Gasteiger partial charge in [0.1, 0.15) is 27.7 Å². The average molecular weight is 562 g/mol. The number of hydrogen-bond acceptors (Lipinski definition) is 6. The Labute approximate surface area is 202 Å². The molecule has 0 aliphatic carbocycles. The second-order valence-electron chi connectivity index (χ2n) is 4.93. The number of hydrogen-bond donors (Lipinski definition) is 1. The van der Waals surface area contributed by atoms with E-state index in [2.05, 4.69) is 9.03 Å². The number of carbonyl (C=O) groups is 3. The summed E-state index contributed by atoms with van der Waals surface area (Å²) in [5.41, 5.74) is -0.881. The minimum atomic E-state index is -0.993. The fourth-order valence-corrected chi connectivity index (χ4v) is 4.17. The van der Waals surface area contributed by atoms with E-state index < -0.39 is 17.2 Å². The quantitative estimate of drug-likeness (QED) is 0.180. The third-order valence-corrected chi connectivity index (χ3v) is 5.98. The van der Waals surface area contributed by atoms with E-state index in [9.17, 15) is 14.4 Å². The molecule has 0 spiro atoms. The predicted molar refractivity (Wildman–Crippen MR) is 111 cm³/mol. The van der Waals surface area contributed by atoms with Gasteiger partial charge in [0.25, 0.3) is 5.24 Å². The molecule has 1 aliphatic heterocycles. The second kappa shape index (κ2) is 9.54. The first kappa shape index (κ1) is 24.4. The lowest BCUT2D eigenvalue weighted by Crippen LogP contribution is -2.02. The lowest BCUT2D eigenvalue weighted by molar-refractivity contribution is 0.0444. The van der Waals surface area contributed by atoms with E-state index in [1.807, 2.05) is 0 Å². The average Bonchev–Trinajstić information content (AvgIpc) is 2.93. The number of esters is 2. The van der Waals surface area contributed by atoms with Gasteiger partial charge < -0.3 is 14.1 Å². The van der Waals surface area contributed by atoms with Gasteiger partial charge in [-0.3, -0.25) is 4.79 Å². The molecule has 0 amide bonds. The van der Waals surface area contributed by atoms with Gasteiger partial charge in [-0.05, 0) is 11.6 Å². The third-order valence-electron chi connectivity index (χ3n) is 3.29. The number of halogens is 8. The third kappa shape index (κ3) is 4.60. The van der Waals surface area contributed by atoms with Crippen molar-refractivity contribution >= 4 is 110 Å². The second-order valence-corrected chi connectivity index (χ2v) is 7.72. The molecule has 0 atom stereocenters. The van der Waals surface area contributed by atoms with Crippen LogP contribution in [0.15, 0.2) is 6.07 Å². The number of phenolic OH excluding ortho intramolecular Hbond substituents is 1. The van der Waals surface area contributed by atoms with Crippen molar-refractivity contribution in [1.29, 1.82) is 0 Å². The van der Waals surface area contributed by atoms with Gasteiger partial charge in [-0.15, -0.1) is 0 Å². The molecule has 1 N–H and O–H groups in total. The topological polar surface area (TPSA) is 89.9 Å². The van der Waals surface area contributed by atoms with Crippen molar-refractivity contribution in [3.63, 3.8) is 0 Å². The van der Waals surface area contributed by atoms with Gasteiger partial charge in [-0.2, -0.15) is 0 Å². The molecular formula is C15H2Cl8O6. The van der Waals surface area contributed by atoms with Crippen LogP contribution in [0, 0.1) is 0 Å². The van der Waals surface area contributed by atoms with Crippen LogP contribution in [-0.4, -0.2) is 22.3 Å². The zero-order valence-electron chi connectivity index (χ0n) is 13.1. The highest BCUT2D eigenvalue weighted by Gasteiger charge is 2.38. The summed E-state index contributed by atoms with van der Waals surface area (Å²) in [6.45, 7) is 0. The number of carbonyl (C=O) groups excluding carboxylic acids is 3.